The highest BCUT2D eigenvalue weighted by Gasteiger charge is 2.07. The maximum Gasteiger partial charge on any atom is 0.411 e. The maximum atomic E-state index is 11.5. The summed E-state index contributed by atoms with van der Waals surface area (Å²) < 4.78 is 6.53. The first-order valence-electron chi connectivity index (χ1n) is 5.89. The SMILES string of the molecule is O=C(Nc1ccccc1Cn1cccn1)OCCO. The van der Waals surface area contributed by atoms with E-state index in [0.29, 0.717) is 12.2 Å². The summed E-state index contributed by atoms with van der Waals surface area (Å²) >= 11 is 0. The van der Waals surface area contributed by atoms with Gasteiger partial charge in [-0.3, -0.25) is 10.00 Å². The Morgan fingerprint density at radius 1 is 1.37 bits per heavy atom. The van der Waals surface area contributed by atoms with E-state index in [2.05, 4.69) is 10.4 Å². The van der Waals surface area contributed by atoms with Crippen molar-refractivity contribution in [3.05, 3.63) is 48.3 Å². The summed E-state index contributed by atoms with van der Waals surface area (Å²) in [6, 6.07) is 9.26. The van der Waals surface area contributed by atoms with E-state index in [9.17, 15) is 4.79 Å². The number of aromatic nitrogens is 2. The molecule has 0 atom stereocenters. The summed E-state index contributed by atoms with van der Waals surface area (Å²) in [5.41, 5.74) is 1.59. The molecule has 2 N–H and O–H groups in total. The molecular weight excluding hydrogens is 246 g/mol. The molecule has 6 nitrogen and oxygen atoms in total. The number of nitrogens with zero attached hydrogens (tertiary/aromatic N) is 2. The molecule has 0 radical (unpaired) electrons. The van der Waals surface area contributed by atoms with Crippen LogP contribution in [0.4, 0.5) is 10.5 Å². The Labute approximate surface area is 110 Å². The van der Waals surface area contributed by atoms with Crippen LogP contribution < -0.4 is 5.32 Å². The zero-order valence-electron chi connectivity index (χ0n) is 10.3. The highest BCUT2D eigenvalue weighted by atomic mass is 16.6. The van der Waals surface area contributed by atoms with E-state index in [-0.39, 0.29) is 13.2 Å². The maximum absolute atomic E-state index is 11.5. The monoisotopic (exact) mass is 261 g/mol. The lowest BCUT2D eigenvalue weighted by Gasteiger charge is -2.11. The highest BCUT2D eigenvalue weighted by molar-refractivity contribution is 5.85. The molecule has 0 aliphatic heterocycles. The molecule has 0 aliphatic rings. The van der Waals surface area contributed by atoms with Crippen molar-refractivity contribution in [1.82, 2.24) is 9.78 Å². The van der Waals surface area contributed by atoms with Gasteiger partial charge in [0.2, 0.25) is 0 Å². The predicted octanol–water partition coefficient (Wildman–Crippen LogP) is 1.47. The Balaban J connectivity index is 2.05. The fourth-order valence-electron chi connectivity index (χ4n) is 1.63. The molecule has 6 heteroatoms. The molecule has 0 spiro atoms. The minimum absolute atomic E-state index is 0.0207. The minimum Gasteiger partial charge on any atom is -0.447 e. The number of aliphatic hydroxyl groups is 1. The summed E-state index contributed by atoms with van der Waals surface area (Å²) in [5.74, 6) is 0. The molecule has 2 rings (SSSR count). The third-order valence-corrected chi connectivity index (χ3v) is 2.47. The van der Waals surface area contributed by atoms with Crippen molar-refractivity contribution in [2.24, 2.45) is 0 Å². The molecule has 100 valence electrons. The van der Waals surface area contributed by atoms with Gasteiger partial charge in [0, 0.05) is 18.1 Å². The van der Waals surface area contributed by atoms with Crippen molar-refractivity contribution in [2.75, 3.05) is 18.5 Å². The van der Waals surface area contributed by atoms with Crippen LogP contribution in [-0.4, -0.2) is 34.2 Å². The number of nitrogens with one attached hydrogen (secondary N) is 1. The zero-order chi connectivity index (χ0) is 13.5. The van der Waals surface area contributed by atoms with Gasteiger partial charge >= 0.3 is 6.09 Å². The number of rotatable bonds is 5. The van der Waals surface area contributed by atoms with Crippen LogP contribution in [0.1, 0.15) is 5.56 Å². The van der Waals surface area contributed by atoms with Crippen LogP contribution in [0.2, 0.25) is 0 Å². The average Bonchev–Trinajstić information content (AvgIpc) is 2.91. The van der Waals surface area contributed by atoms with Crippen LogP contribution in [0.5, 0.6) is 0 Å². The largest absolute Gasteiger partial charge is 0.447 e. The van der Waals surface area contributed by atoms with Gasteiger partial charge in [-0.2, -0.15) is 5.10 Å². The normalized spacial score (nSPS) is 10.2. The molecule has 2 aromatic rings. The number of carbonyl (C=O) groups excluding carboxylic acids is 1. The number of hydrogen-bond donors (Lipinski definition) is 2. The first-order chi connectivity index (χ1) is 9.29. The smallest absolute Gasteiger partial charge is 0.411 e. The molecule has 0 aliphatic carbocycles. The van der Waals surface area contributed by atoms with Gasteiger partial charge in [-0.05, 0) is 17.7 Å². The molecule has 0 saturated carbocycles. The number of benzene rings is 1. The predicted molar refractivity (Wildman–Crippen MR) is 69.8 cm³/mol. The standard InChI is InChI=1S/C13H15N3O3/c17-8-9-19-13(18)15-12-5-2-1-4-11(12)10-16-7-3-6-14-16/h1-7,17H,8-10H2,(H,15,18). The van der Waals surface area contributed by atoms with Crippen molar-refractivity contribution >= 4 is 11.8 Å². The van der Waals surface area contributed by atoms with Gasteiger partial charge in [0.15, 0.2) is 0 Å². The number of para-hydroxylation sites is 1. The topological polar surface area (TPSA) is 76.4 Å². The van der Waals surface area contributed by atoms with Gasteiger partial charge in [0.25, 0.3) is 0 Å². The Bertz CT molecular complexity index is 526. The molecule has 1 amide bonds. The van der Waals surface area contributed by atoms with E-state index < -0.39 is 6.09 Å². The summed E-state index contributed by atoms with van der Waals surface area (Å²) in [6.45, 7) is 0.346. The quantitative estimate of drug-likeness (QED) is 0.854. The Morgan fingerprint density at radius 2 is 2.21 bits per heavy atom. The number of hydrogen-bond acceptors (Lipinski definition) is 4. The average molecular weight is 261 g/mol. The highest BCUT2D eigenvalue weighted by Crippen LogP contribution is 2.16. The van der Waals surface area contributed by atoms with Gasteiger partial charge in [0.05, 0.1) is 13.2 Å². The second-order valence-corrected chi connectivity index (χ2v) is 3.85. The van der Waals surface area contributed by atoms with Crippen molar-refractivity contribution < 1.29 is 14.6 Å². The van der Waals surface area contributed by atoms with E-state index in [1.165, 1.54) is 0 Å². The second kappa shape index (κ2) is 6.55. The van der Waals surface area contributed by atoms with Crippen molar-refractivity contribution in [3.8, 4) is 0 Å². The van der Waals surface area contributed by atoms with Crippen LogP contribution in [0, 0.1) is 0 Å². The van der Waals surface area contributed by atoms with Crippen molar-refractivity contribution in [2.45, 2.75) is 6.54 Å². The van der Waals surface area contributed by atoms with Crippen molar-refractivity contribution in [1.29, 1.82) is 0 Å². The number of amides is 1. The van der Waals surface area contributed by atoms with Gasteiger partial charge in [-0.15, -0.1) is 0 Å². The van der Waals surface area contributed by atoms with Crippen LogP contribution >= 0.6 is 0 Å². The lowest BCUT2D eigenvalue weighted by Crippen LogP contribution is -2.17. The van der Waals surface area contributed by atoms with Gasteiger partial charge in [0.1, 0.15) is 6.61 Å². The molecule has 1 aromatic heterocycles. The van der Waals surface area contributed by atoms with Gasteiger partial charge in [-0.1, -0.05) is 18.2 Å². The van der Waals surface area contributed by atoms with Crippen LogP contribution in [0.25, 0.3) is 0 Å². The molecule has 0 unspecified atom stereocenters. The van der Waals surface area contributed by atoms with Gasteiger partial charge in [-0.25, -0.2) is 4.79 Å². The third kappa shape index (κ3) is 3.82. The first-order valence-corrected chi connectivity index (χ1v) is 5.89. The van der Waals surface area contributed by atoms with Crippen LogP contribution in [0.3, 0.4) is 0 Å². The Kier molecular flexibility index (Phi) is 4.52. The van der Waals surface area contributed by atoms with Gasteiger partial charge < -0.3 is 9.84 Å². The summed E-state index contributed by atoms with van der Waals surface area (Å²) in [5, 5.41) is 15.4. The molecule has 19 heavy (non-hydrogen) atoms. The zero-order valence-corrected chi connectivity index (χ0v) is 10.3. The molecule has 1 heterocycles. The van der Waals surface area contributed by atoms with E-state index in [1.807, 2.05) is 30.5 Å². The van der Waals surface area contributed by atoms with Crippen molar-refractivity contribution in [3.63, 3.8) is 0 Å². The van der Waals surface area contributed by atoms with E-state index in [0.717, 1.165) is 5.56 Å². The second-order valence-electron chi connectivity index (χ2n) is 3.85. The Morgan fingerprint density at radius 3 is 2.95 bits per heavy atom. The first kappa shape index (κ1) is 13.1. The summed E-state index contributed by atoms with van der Waals surface area (Å²) in [6.07, 6.45) is 2.97. The lowest BCUT2D eigenvalue weighted by molar-refractivity contribution is 0.131. The number of ether oxygens (including phenoxy) is 1. The summed E-state index contributed by atoms with van der Waals surface area (Å²) in [4.78, 5) is 11.5. The molecule has 0 fully saturated rings. The Hall–Kier alpha value is -2.34. The molecule has 0 saturated heterocycles. The molecule has 1 aromatic carbocycles. The van der Waals surface area contributed by atoms with E-state index in [4.69, 9.17) is 9.84 Å². The number of carbonyl (C=O) groups is 1. The van der Waals surface area contributed by atoms with Crippen LogP contribution in [0.15, 0.2) is 42.7 Å². The lowest BCUT2D eigenvalue weighted by atomic mass is 10.2. The number of aliphatic hydroxyl groups excluding tert-OH is 1. The number of anilines is 1. The molecule has 0 bridgehead atoms. The fourth-order valence-corrected chi connectivity index (χ4v) is 1.63. The minimum atomic E-state index is -0.582. The van der Waals surface area contributed by atoms with Crippen LogP contribution in [-0.2, 0) is 11.3 Å². The fraction of sp³-hybridized carbons (Fsp3) is 0.231. The summed E-state index contributed by atoms with van der Waals surface area (Å²) in [7, 11) is 0. The third-order valence-electron chi connectivity index (χ3n) is 2.47. The molecular formula is C13H15N3O3. The van der Waals surface area contributed by atoms with E-state index >= 15 is 0 Å². The van der Waals surface area contributed by atoms with E-state index in [1.54, 1.807) is 16.9 Å².